The SMILES string of the molecule is C.CC.CC12CCC(O)CC1CCC1C2CCC2(C)C3CC4(CCCCN4)OC3CC12. The van der Waals surface area contributed by atoms with Gasteiger partial charge in [-0.2, -0.15) is 0 Å². The fourth-order valence-electron chi connectivity index (χ4n) is 9.73. The largest absolute Gasteiger partial charge is 0.393 e. The van der Waals surface area contributed by atoms with Crippen LogP contribution in [0.2, 0.25) is 0 Å². The molecule has 0 bridgehead atoms. The summed E-state index contributed by atoms with van der Waals surface area (Å²) in [6.45, 7) is 10.4. The van der Waals surface area contributed by atoms with E-state index in [4.69, 9.17) is 4.74 Å². The number of ether oxygens (including phenoxy) is 1. The zero-order chi connectivity index (χ0) is 21.1. The molecule has 0 aromatic heterocycles. The van der Waals surface area contributed by atoms with E-state index in [0.717, 1.165) is 49.0 Å². The third-order valence-electron chi connectivity index (χ3n) is 11.2. The summed E-state index contributed by atoms with van der Waals surface area (Å²) in [5.74, 6) is 4.25. The molecule has 4 saturated carbocycles. The lowest BCUT2D eigenvalue weighted by Gasteiger charge is -2.61. The number of piperidine rings is 1. The van der Waals surface area contributed by atoms with Gasteiger partial charge in [0.1, 0.15) is 5.72 Å². The second-order valence-corrected chi connectivity index (χ2v) is 12.2. The zero-order valence-corrected chi connectivity index (χ0v) is 20.1. The predicted octanol–water partition coefficient (Wildman–Crippen LogP) is 6.54. The highest BCUT2D eigenvalue weighted by atomic mass is 16.5. The minimum Gasteiger partial charge on any atom is -0.393 e. The van der Waals surface area contributed by atoms with Gasteiger partial charge in [-0.15, -0.1) is 0 Å². The third kappa shape index (κ3) is 3.55. The van der Waals surface area contributed by atoms with Crippen LogP contribution in [-0.4, -0.2) is 29.6 Å². The minimum absolute atomic E-state index is 0. The van der Waals surface area contributed by atoms with Gasteiger partial charge in [0.25, 0.3) is 0 Å². The van der Waals surface area contributed by atoms with E-state index in [2.05, 4.69) is 19.2 Å². The second-order valence-electron chi connectivity index (χ2n) is 12.2. The molecule has 10 atom stereocenters. The topological polar surface area (TPSA) is 41.5 Å². The van der Waals surface area contributed by atoms with E-state index in [1.807, 2.05) is 13.8 Å². The molecule has 4 aliphatic carbocycles. The van der Waals surface area contributed by atoms with Crippen LogP contribution >= 0.6 is 0 Å². The summed E-state index contributed by atoms with van der Waals surface area (Å²) in [4.78, 5) is 0. The Balaban J connectivity index is 0.000000750. The number of hydrogen-bond acceptors (Lipinski definition) is 3. The molecule has 6 aliphatic rings. The van der Waals surface area contributed by atoms with Crippen molar-refractivity contribution in [1.29, 1.82) is 0 Å². The van der Waals surface area contributed by atoms with Crippen molar-refractivity contribution in [1.82, 2.24) is 5.32 Å². The molecule has 2 aliphatic heterocycles. The summed E-state index contributed by atoms with van der Waals surface area (Å²) in [6.07, 6.45) is 16.0. The first-order chi connectivity index (χ1) is 14.4. The van der Waals surface area contributed by atoms with E-state index in [9.17, 15) is 5.11 Å². The monoisotopic (exact) mass is 433 g/mol. The molecule has 3 heteroatoms. The number of aliphatic hydroxyl groups excluding tert-OH is 1. The molecule has 2 heterocycles. The first kappa shape index (κ1) is 24.0. The zero-order valence-electron chi connectivity index (χ0n) is 20.1. The van der Waals surface area contributed by atoms with Crippen LogP contribution in [0.4, 0.5) is 0 Å². The van der Waals surface area contributed by atoms with E-state index < -0.39 is 0 Å². The van der Waals surface area contributed by atoms with Gasteiger partial charge in [0.05, 0.1) is 12.2 Å². The molecule has 6 rings (SSSR count). The molecule has 2 N–H and O–H groups in total. The van der Waals surface area contributed by atoms with Crippen molar-refractivity contribution in [2.45, 2.75) is 130 Å². The van der Waals surface area contributed by atoms with Crippen molar-refractivity contribution in [3.63, 3.8) is 0 Å². The van der Waals surface area contributed by atoms with Gasteiger partial charge in [0.15, 0.2) is 0 Å². The number of fused-ring (bicyclic) bond motifs is 7. The molecule has 0 radical (unpaired) electrons. The number of rotatable bonds is 0. The Bertz CT molecular complexity index is 631. The van der Waals surface area contributed by atoms with Crippen molar-refractivity contribution >= 4 is 0 Å². The van der Waals surface area contributed by atoms with Gasteiger partial charge < -0.3 is 9.84 Å². The number of hydrogen-bond donors (Lipinski definition) is 2. The Labute approximate surface area is 192 Å². The molecular formula is C28H51NO2. The molecular weight excluding hydrogens is 382 g/mol. The Kier molecular flexibility index (Phi) is 6.65. The van der Waals surface area contributed by atoms with Crippen molar-refractivity contribution in [2.24, 2.45) is 40.4 Å². The van der Waals surface area contributed by atoms with Crippen LogP contribution in [0.25, 0.3) is 0 Å². The van der Waals surface area contributed by atoms with Crippen molar-refractivity contribution < 1.29 is 9.84 Å². The summed E-state index contributed by atoms with van der Waals surface area (Å²) < 4.78 is 6.85. The van der Waals surface area contributed by atoms with Crippen molar-refractivity contribution in [3.8, 4) is 0 Å². The van der Waals surface area contributed by atoms with E-state index in [-0.39, 0.29) is 19.3 Å². The fraction of sp³-hybridized carbons (Fsp3) is 1.00. The summed E-state index contributed by atoms with van der Waals surface area (Å²) in [7, 11) is 0. The standard InChI is InChI=1S/C25H41NO2.C2H6.CH4/c1-23-10-7-17(27)13-16(23)5-6-18-19(23)8-11-24(2)20(18)14-22-21(24)15-25(28-22)9-3-4-12-26-25;1-2;/h16-22,26-27H,3-15H2,1-2H3;1-2H3;1H4. The molecule has 6 fully saturated rings. The third-order valence-corrected chi connectivity index (χ3v) is 11.2. The maximum Gasteiger partial charge on any atom is 0.120 e. The lowest BCUT2D eigenvalue weighted by Crippen LogP contribution is -2.54. The summed E-state index contributed by atoms with van der Waals surface area (Å²) in [6, 6.07) is 0. The molecule has 31 heavy (non-hydrogen) atoms. The van der Waals surface area contributed by atoms with E-state index >= 15 is 0 Å². The van der Waals surface area contributed by atoms with Crippen molar-refractivity contribution in [3.05, 3.63) is 0 Å². The second kappa shape index (κ2) is 8.58. The Morgan fingerprint density at radius 3 is 2.35 bits per heavy atom. The van der Waals surface area contributed by atoms with Crippen LogP contribution in [0.5, 0.6) is 0 Å². The lowest BCUT2D eigenvalue weighted by atomic mass is 9.44. The van der Waals surface area contributed by atoms with Crippen LogP contribution in [-0.2, 0) is 4.74 Å². The fourth-order valence-corrected chi connectivity index (χ4v) is 9.73. The van der Waals surface area contributed by atoms with Gasteiger partial charge in [-0.05, 0) is 124 Å². The van der Waals surface area contributed by atoms with Crippen LogP contribution in [0.15, 0.2) is 0 Å². The first-order valence-electron chi connectivity index (χ1n) is 13.5. The molecule has 180 valence electrons. The molecule has 3 nitrogen and oxygen atoms in total. The molecule has 10 unspecified atom stereocenters. The van der Waals surface area contributed by atoms with E-state index in [0.29, 0.717) is 16.9 Å². The lowest BCUT2D eigenvalue weighted by molar-refractivity contribution is -0.131. The quantitative estimate of drug-likeness (QED) is 0.456. The summed E-state index contributed by atoms with van der Waals surface area (Å²) >= 11 is 0. The molecule has 1 spiro atoms. The van der Waals surface area contributed by atoms with Crippen molar-refractivity contribution in [2.75, 3.05) is 6.54 Å². The van der Waals surface area contributed by atoms with E-state index in [1.54, 1.807) is 0 Å². The highest BCUT2D eigenvalue weighted by Crippen LogP contribution is 2.70. The van der Waals surface area contributed by atoms with Crippen LogP contribution in [0.3, 0.4) is 0 Å². The summed E-state index contributed by atoms with van der Waals surface area (Å²) in [5, 5.41) is 14.1. The Hall–Kier alpha value is -0.120. The van der Waals surface area contributed by atoms with Crippen LogP contribution < -0.4 is 5.32 Å². The molecule has 0 aromatic carbocycles. The number of aliphatic hydroxyl groups is 1. The van der Waals surface area contributed by atoms with Gasteiger partial charge >= 0.3 is 0 Å². The maximum atomic E-state index is 10.3. The normalized spacial score (nSPS) is 55.1. The van der Waals surface area contributed by atoms with Gasteiger partial charge in [-0.1, -0.05) is 35.1 Å². The Morgan fingerprint density at radius 1 is 0.839 bits per heavy atom. The molecule has 2 saturated heterocycles. The van der Waals surface area contributed by atoms with Gasteiger partial charge in [-0.25, -0.2) is 0 Å². The highest BCUT2D eigenvalue weighted by Gasteiger charge is 2.66. The predicted molar refractivity (Wildman–Crippen MR) is 129 cm³/mol. The summed E-state index contributed by atoms with van der Waals surface area (Å²) in [5.41, 5.74) is 1.03. The van der Waals surface area contributed by atoms with Crippen LogP contribution in [0, 0.1) is 40.4 Å². The van der Waals surface area contributed by atoms with Gasteiger partial charge in [0, 0.05) is 0 Å². The smallest absolute Gasteiger partial charge is 0.120 e. The van der Waals surface area contributed by atoms with Crippen LogP contribution in [0.1, 0.15) is 112 Å². The van der Waals surface area contributed by atoms with E-state index in [1.165, 1.54) is 64.2 Å². The molecule has 0 aromatic rings. The Morgan fingerprint density at radius 2 is 1.61 bits per heavy atom. The first-order valence-corrected chi connectivity index (χ1v) is 13.5. The number of nitrogens with one attached hydrogen (secondary N) is 1. The average Bonchev–Trinajstić information content (AvgIpc) is 3.23. The highest BCUT2D eigenvalue weighted by molar-refractivity contribution is 5.14. The molecule has 0 amide bonds. The van der Waals surface area contributed by atoms with Gasteiger partial charge in [0.2, 0.25) is 0 Å². The van der Waals surface area contributed by atoms with Gasteiger partial charge in [-0.3, -0.25) is 5.32 Å². The maximum absolute atomic E-state index is 10.3. The minimum atomic E-state index is -0.0260. The average molecular weight is 434 g/mol.